The van der Waals surface area contributed by atoms with E-state index < -0.39 is 11.8 Å². The standard InChI is InChI=1S/C12H12FNO2/c1-3-16-12(15)6-9-5-11(13)10(7-14)4-8(9)2/h4-5H,3,6H2,1-2H3. The van der Waals surface area contributed by atoms with Crippen LogP contribution < -0.4 is 0 Å². The summed E-state index contributed by atoms with van der Waals surface area (Å²) in [5, 5.41) is 8.62. The van der Waals surface area contributed by atoms with E-state index in [0.717, 1.165) is 0 Å². The lowest BCUT2D eigenvalue weighted by atomic mass is 10.0. The number of esters is 1. The van der Waals surface area contributed by atoms with Crippen molar-refractivity contribution in [2.45, 2.75) is 20.3 Å². The summed E-state index contributed by atoms with van der Waals surface area (Å²) in [5.74, 6) is -0.998. The van der Waals surface area contributed by atoms with Crippen molar-refractivity contribution in [1.29, 1.82) is 5.26 Å². The molecule has 0 unspecified atom stereocenters. The van der Waals surface area contributed by atoms with E-state index in [2.05, 4.69) is 0 Å². The van der Waals surface area contributed by atoms with Gasteiger partial charge in [-0.05, 0) is 37.1 Å². The Morgan fingerprint density at radius 2 is 2.25 bits per heavy atom. The van der Waals surface area contributed by atoms with E-state index in [1.54, 1.807) is 19.9 Å². The van der Waals surface area contributed by atoms with Gasteiger partial charge in [0.2, 0.25) is 0 Å². The van der Waals surface area contributed by atoms with Crippen LogP contribution in [0.25, 0.3) is 0 Å². The Hall–Kier alpha value is -1.89. The predicted molar refractivity (Wildman–Crippen MR) is 56.2 cm³/mol. The Labute approximate surface area is 93.5 Å². The molecule has 0 amide bonds. The molecule has 0 aliphatic heterocycles. The molecule has 0 atom stereocenters. The zero-order valence-electron chi connectivity index (χ0n) is 9.21. The summed E-state index contributed by atoms with van der Waals surface area (Å²) >= 11 is 0. The van der Waals surface area contributed by atoms with Crippen LogP contribution in [0, 0.1) is 24.1 Å². The van der Waals surface area contributed by atoms with Crippen LogP contribution in [-0.4, -0.2) is 12.6 Å². The summed E-state index contributed by atoms with van der Waals surface area (Å²) in [4.78, 5) is 11.2. The predicted octanol–water partition coefficient (Wildman–Crippen LogP) is 2.11. The normalized spacial score (nSPS) is 9.62. The maximum atomic E-state index is 13.3. The Kier molecular flexibility index (Phi) is 4.01. The van der Waals surface area contributed by atoms with Crippen molar-refractivity contribution in [3.05, 3.63) is 34.6 Å². The third kappa shape index (κ3) is 2.80. The van der Waals surface area contributed by atoms with Gasteiger partial charge in [0, 0.05) is 0 Å². The van der Waals surface area contributed by atoms with E-state index >= 15 is 0 Å². The SMILES string of the molecule is CCOC(=O)Cc1cc(F)c(C#N)cc1C. The Balaban J connectivity index is 2.95. The van der Waals surface area contributed by atoms with Crippen LogP contribution in [-0.2, 0) is 16.0 Å². The second-order valence-corrected chi connectivity index (χ2v) is 3.35. The first-order valence-corrected chi connectivity index (χ1v) is 4.93. The highest BCUT2D eigenvalue weighted by atomic mass is 19.1. The molecule has 0 aromatic heterocycles. The minimum Gasteiger partial charge on any atom is -0.466 e. The quantitative estimate of drug-likeness (QED) is 0.734. The van der Waals surface area contributed by atoms with Crippen LogP contribution in [0.5, 0.6) is 0 Å². The van der Waals surface area contributed by atoms with E-state index in [4.69, 9.17) is 10.00 Å². The first-order valence-electron chi connectivity index (χ1n) is 4.93. The number of rotatable bonds is 3. The Morgan fingerprint density at radius 3 is 2.81 bits per heavy atom. The topological polar surface area (TPSA) is 50.1 Å². The molecule has 1 aromatic rings. The van der Waals surface area contributed by atoms with Gasteiger partial charge in [-0.2, -0.15) is 5.26 Å². The molecule has 0 N–H and O–H groups in total. The molecule has 0 saturated carbocycles. The first-order chi connectivity index (χ1) is 7.58. The van der Waals surface area contributed by atoms with Crippen molar-refractivity contribution in [3.63, 3.8) is 0 Å². The summed E-state index contributed by atoms with van der Waals surface area (Å²) in [6, 6.07) is 4.40. The summed E-state index contributed by atoms with van der Waals surface area (Å²) in [6.07, 6.45) is 0.0301. The third-order valence-electron chi connectivity index (χ3n) is 2.19. The average Bonchev–Trinajstić information content (AvgIpc) is 2.23. The largest absolute Gasteiger partial charge is 0.466 e. The van der Waals surface area contributed by atoms with Crippen molar-refractivity contribution >= 4 is 5.97 Å². The molecule has 1 aromatic carbocycles. The van der Waals surface area contributed by atoms with Crippen molar-refractivity contribution < 1.29 is 13.9 Å². The lowest BCUT2D eigenvalue weighted by Crippen LogP contribution is -2.09. The lowest BCUT2D eigenvalue weighted by molar-refractivity contribution is -0.142. The average molecular weight is 221 g/mol. The van der Waals surface area contributed by atoms with Crippen LogP contribution in [0.2, 0.25) is 0 Å². The van der Waals surface area contributed by atoms with Gasteiger partial charge in [-0.3, -0.25) is 4.79 Å². The monoisotopic (exact) mass is 221 g/mol. The molecule has 0 radical (unpaired) electrons. The molecular weight excluding hydrogens is 209 g/mol. The first kappa shape index (κ1) is 12.2. The van der Waals surface area contributed by atoms with Crippen molar-refractivity contribution in [2.75, 3.05) is 6.61 Å². The summed E-state index contributed by atoms with van der Waals surface area (Å²) in [7, 11) is 0. The molecule has 4 heteroatoms. The molecule has 0 heterocycles. The molecule has 0 fully saturated rings. The van der Waals surface area contributed by atoms with Crippen molar-refractivity contribution in [3.8, 4) is 6.07 Å². The Bertz CT molecular complexity index is 449. The van der Waals surface area contributed by atoms with Crippen molar-refractivity contribution in [2.24, 2.45) is 0 Å². The van der Waals surface area contributed by atoms with Crippen LogP contribution >= 0.6 is 0 Å². The number of hydrogen-bond acceptors (Lipinski definition) is 3. The fourth-order valence-corrected chi connectivity index (χ4v) is 1.37. The van der Waals surface area contributed by atoms with E-state index in [1.165, 1.54) is 12.1 Å². The number of nitrogens with zero attached hydrogens (tertiary/aromatic N) is 1. The van der Waals surface area contributed by atoms with E-state index in [1.807, 2.05) is 0 Å². The third-order valence-corrected chi connectivity index (χ3v) is 2.19. The van der Waals surface area contributed by atoms with Gasteiger partial charge in [-0.25, -0.2) is 4.39 Å². The highest BCUT2D eigenvalue weighted by Crippen LogP contribution is 2.15. The molecular formula is C12H12FNO2. The van der Waals surface area contributed by atoms with E-state index in [-0.39, 0.29) is 12.0 Å². The minimum absolute atomic E-state index is 0.00916. The van der Waals surface area contributed by atoms with Gasteiger partial charge in [0.15, 0.2) is 0 Å². The van der Waals surface area contributed by atoms with Crippen LogP contribution in [0.3, 0.4) is 0 Å². The fourth-order valence-electron chi connectivity index (χ4n) is 1.37. The molecule has 3 nitrogen and oxygen atoms in total. The van der Waals surface area contributed by atoms with Crippen LogP contribution in [0.4, 0.5) is 4.39 Å². The highest BCUT2D eigenvalue weighted by Gasteiger charge is 2.10. The number of aryl methyl sites for hydroxylation is 1. The number of carbonyl (C=O) groups is 1. The second kappa shape index (κ2) is 5.26. The van der Waals surface area contributed by atoms with Gasteiger partial charge in [0.1, 0.15) is 11.9 Å². The lowest BCUT2D eigenvalue weighted by Gasteiger charge is -2.06. The molecule has 0 aliphatic rings. The highest BCUT2D eigenvalue weighted by molar-refractivity contribution is 5.73. The zero-order valence-corrected chi connectivity index (χ0v) is 9.21. The van der Waals surface area contributed by atoms with Gasteiger partial charge in [0.05, 0.1) is 18.6 Å². The molecule has 0 bridgehead atoms. The maximum absolute atomic E-state index is 13.3. The van der Waals surface area contributed by atoms with Gasteiger partial charge in [-0.1, -0.05) is 0 Å². The number of nitriles is 1. The maximum Gasteiger partial charge on any atom is 0.310 e. The number of ether oxygens (including phenoxy) is 1. The minimum atomic E-state index is -0.604. The van der Waals surface area contributed by atoms with Gasteiger partial charge < -0.3 is 4.74 Å². The number of halogens is 1. The smallest absolute Gasteiger partial charge is 0.310 e. The number of hydrogen-bond donors (Lipinski definition) is 0. The van der Waals surface area contributed by atoms with Gasteiger partial charge >= 0.3 is 5.97 Å². The molecule has 16 heavy (non-hydrogen) atoms. The number of carbonyl (C=O) groups excluding carboxylic acids is 1. The van der Waals surface area contributed by atoms with E-state index in [0.29, 0.717) is 17.7 Å². The zero-order chi connectivity index (χ0) is 12.1. The van der Waals surface area contributed by atoms with Gasteiger partial charge in [-0.15, -0.1) is 0 Å². The molecule has 1 rings (SSSR count). The Morgan fingerprint density at radius 1 is 1.56 bits per heavy atom. The van der Waals surface area contributed by atoms with Crippen LogP contribution in [0.1, 0.15) is 23.6 Å². The summed E-state index contributed by atoms with van der Waals surface area (Å²) < 4.78 is 18.1. The van der Waals surface area contributed by atoms with Crippen molar-refractivity contribution in [1.82, 2.24) is 0 Å². The summed E-state index contributed by atoms with van der Waals surface area (Å²) in [5.41, 5.74) is 1.26. The van der Waals surface area contributed by atoms with Gasteiger partial charge in [0.25, 0.3) is 0 Å². The molecule has 84 valence electrons. The molecule has 0 saturated heterocycles. The second-order valence-electron chi connectivity index (χ2n) is 3.35. The van der Waals surface area contributed by atoms with E-state index in [9.17, 15) is 9.18 Å². The molecule has 0 spiro atoms. The fraction of sp³-hybridized carbons (Fsp3) is 0.333. The molecule has 0 aliphatic carbocycles. The summed E-state index contributed by atoms with van der Waals surface area (Å²) in [6.45, 7) is 3.75. The van der Waals surface area contributed by atoms with Crippen LogP contribution in [0.15, 0.2) is 12.1 Å². The number of benzene rings is 1.